The van der Waals surface area contributed by atoms with Gasteiger partial charge in [-0.1, -0.05) is 54.1 Å². The highest BCUT2D eigenvalue weighted by molar-refractivity contribution is 6.31. The third-order valence-electron chi connectivity index (χ3n) is 3.73. The molecule has 0 fully saturated rings. The van der Waals surface area contributed by atoms with Crippen molar-refractivity contribution in [2.24, 2.45) is 5.73 Å². The minimum Gasteiger partial charge on any atom is -0.320 e. The average Bonchev–Trinajstić information content (AvgIpc) is 2.47. The molecule has 0 aliphatic rings. The van der Waals surface area contributed by atoms with Gasteiger partial charge in [0.1, 0.15) is 5.82 Å². The summed E-state index contributed by atoms with van der Waals surface area (Å²) < 4.78 is 13.9. The molecule has 1 nitrogen and oxygen atoms in total. The van der Waals surface area contributed by atoms with Gasteiger partial charge in [-0.05, 0) is 41.1 Å². The van der Waals surface area contributed by atoms with Crippen molar-refractivity contribution in [2.75, 3.05) is 0 Å². The van der Waals surface area contributed by atoms with Crippen LogP contribution in [0.3, 0.4) is 0 Å². The van der Waals surface area contributed by atoms with Crippen LogP contribution in [0.1, 0.15) is 22.7 Å². The fraction of sp³-hybridized carbons (Fsp3) is 0.111. The highest BCUT2D eigenvalue weighted by atomic mass is 35.5. The topological polar surface area (TPSA) is 26.0 Å². The third kappa shape index (κ3) is 2.53. The van der Waals surface area contributed by atoms with E-state index in [-0.39, 0.29) is 11.9 Å². The Labute approximate surface area is 128 Å². The molecule has 0 saturated carbocycles. The molecule has 3 rings (SSSR count). The van der Waals surface area contributed by atoms with Gasteiger partial charge in [0.2, 0.25) is 0 Å². The van der Waals surface area contributed by atoms with Crippen LogP contribution < -0.4 is 5.73 Å². The Bertz CT molecular complexity index is 813. The van der Waals surface area contributed by atoms with Crippen molar-refractivity contribution in [3.63, 3.8) is 0 Å². The molecule has 3 heteroatoms. The van der Waals surface area contributed by atoms with E-state index >= 15 is 0 Å². The van der Waals surface area contributed by atoms with Crippen LogP contribution in [-0.2, 0) is 0 Å². The molecule has 3 aromatic rings. The van der Waals surface area contributed by atoms with Crippen LogP contribution in [0, 0.1) is 12.7 Å². The van der Waals surface area contributed by atoms with Crippen molar-refractivity contribution in [3.05, 3.63) is 82.1 Å². The van der Waals surface area contributed by atoms with E-state index in [9.17, 15) is 4.39 Å². The second kappa shape index (κ2) is 5.47. The van der Waals surface area contributed by atoms with Gasteiger partial charge in [0.05, 0.1) is 6.04 Å². The number of fused-ring (bicyclic) bond motifs is 1. The summed E-state index contributed by atoms with van der Waals surface area (Å²) in [4.78, 5) is 0. The first-order valence-electron chi connectivity index (χ1n) is 6.76. The largest absolute Gasteiger partial charge is 0.320 e. The standard InChI is InChI=1S/C18H15ClFN/c1-11-6-7-15(16(19)10-11)18(21)14-8-9-17(20)13-5-3-2-4-12(13)14/h2-10,18H,21H2,1H3. The summed E-state index contributed by atoms with van der Waals surface area (Å²) in [6.07, 6.45) is 0. The molecule has 1 unspecified atom stereocenters. The Balaban J connectivity index is 2.18. The summed E-state index contributed by atoms with van der Waals surface area (Å²) in [5, 5.41) is 2.03. The molecule has 2 N–H and O–H groups in total. The molecule has 0 aliphatic carbocycles. The lowest BCUT2D eigenvalue weighted by Gasteiger charge is -2.17. The van der Waals surface area contributed by atoms with Crippen molar-refractivity contribution >= 4 is 22.4 Å². The van der Waals surface area contributed by atoms with Crippen LogP contribution in [-0.4, -0.2) is 0 Å². The van der Waals surface area contributed by atoms with Crippen LogP contribution in [0.5, 0.6) is 0 Å². The van der Waals surface area contributed by atoms with Gasteiger partial charge in [0.25, 0.3) is 0 Å². The molecule has 1 atom stereocenters. The molecular formula is C18H15ClFN. The number of benzene rings is 3. The van der Waals surface area contributed by atoms with Gasteiger partial charge in [-0.3, -0.25) is 0 Å². The third-order valence-corrected chi connectivity index (χ3v) is 4.06. The lowest BCUT2D eigenvalue weighted by molar-refractivity contribution is 0.639. The number of nitrogens with two attached hydrogens (primary N) is 1. The first-order chi connectivity index (χ1) is 10.1. The number of rotatable bonds is 2. The highest BCUT2D eigenvalue weighted by Gasteiger charge is 2.16. The summed E-state index contributed by atoms with van der Waals surface area (Å²) in [6.45, 7) is 1.98. The SMILES string of the molecule is Cc1ccc(C(N)c2ccc(F)c3ccccc23)c(Cl)c1. The van der Waals surface area contributed by atoms with Gasteiger partial charge < -0.3 is 5.73 Å². The van der Waals surface area contributed by atoms with Crippen molar-refractivity contribution in [1.82, 2.24) is 0 Å². The lowest BCUT2D eigenvalue weighted by Crippen LogP contribution is -2.13. The van der Waals surface area contributed by atoms with E-state index in [0.717, 1.165) is 22.1 Å². The summed E-state index contributed by atoms with van der Waals surface area (Å²) in [6, 6.07) is 16.0. The summed E-state index contributed by atoms with van der Waals surface area (Å²) in [7, 11) is 0. The maximum atomic E-state index is 13.9. The molecule has 0 bridgehead atoms. The first-order valence-corrected chi connectivity index (χ1v) is 7.14. The number of hydrogen-bond donors (Lipinski definition) is 1. The Morgan fingerprint density at radius 2 is 1.62 bits per heavy atom. The van der Waals surface area contributed by atoms with Gasteiger partial charge >= 0.3 is 0 Å². The second-order valence-corrected chi connectivity index (χ2v) is 5.59. The smallest absolute Gasteiger partial charge is 0.131 e. The molecule has 3 aromatic carbocycles. The average molecular weight is 300 g/mol. The second-order valence-electron chi connectivity index (χ2n) is 5.18. The molecular weight excluding hydrogens is 285 g/mol. The number of aryl methyl sites for hydroxylation is 1. The van der Waals surface area contributed by atoms with Gasteiger partial charge in [-0.15, -0.1) is 0 Å². The number of halogens is 2. The van der Waals surface area contributed by atoms with E-state index in [1.54, 1.807) is 12.1 Å². The van der Waals surface area contributed by atoms with Crippen LogP contribution in [0.2, 0.25) is 5.02 Å². The molecule has 21 heavy (non-hydrogen) atoms. The minimum atomic E-state index is -0.386. The quantitative estimate of drug-likeness (QED) is 0.709. The van der Waals surface area contributed by atoms with Crippen LogP contribution >= 0.6 is 11.6 Å². The van der Waals surface area contributed by atoms with E-state index < -0.39 is 0 Å². The fourth-order valence-corrected chi connectivity index (χ4v) is 2.96. The number of hydrogen-bond acceptors (Lipinski definition) is 1. The van der Waals surface area contributed by atoms with E-state index in [2.05, 4.69) is 0 Å². The molecule has 106 valence electrons. The van der Waals surface area contributed by atoms with E-state index in [4.69, 9.17) is 17.3 Å². The summed E-state index contributed by atoms with van der Waals surface area (Å²) >= 11 is 6.30. The Morgan fingerprint density at radius 1 is 0.952 bits per heavy atom. The molecule has 0 saturated heterocycles. The highest BCUT2D eigenvalue weighted by Crippen LogP contribution is 2.32. The van der Waals surface area contributed by atoms with Crippen LogP contribution in [0.4, 0.5) is 4.39 Å². The lowest BCUT2D eigenvalue weighted by atomic mass is 9.93. The molecule has 0 amide bonds. The molecule has 0 aromatic heterocycles. The molecule has 0 radical (unpaired) electrons. The zero-order valence-corrected chi connectivity index (χ0v) is 12.4. The Kier molecular flexibility index (Phi) is 3.66. The molecule has 0 heterocycles. The van der Waals surface area contributed by atoms with Crippen molar-refractivity contribution < 1.29 is 4.39 Å². The Morgan fingerprint density at radius 3 is 2.33 bits per heavy atom. The summed E-state index contributed by atoms with van der Waals surface area (Å²) in [5.41, 5.74) is 9.18. The van der Waals surface area contributed by atoms with Crippen molar-refractivity contribution in [1.29, 1.82) is 0 Å². The normalized spacial score (nSPS) is 12.6. The fourth-order valence-electron chi connectivity index (χ4n) is 2.61. The van der Waals surface area contributed by atoms with Gasteiger partial charge in [-0.2, -0.15) is 0 Å². The zero-order valence-electron chi connectivity index (χ0n) is 11.6. The van der Waals surface area contributed by atoms with Gasteiger partial charge in [0, 0.05) is 10.4 Å². The monoisotopic (exact) mass is 299 g/mol. The first kappa shape index (κ1) is 14.1. The maximum absolute atomic E-state index is 13.9. The minimum absolute atomic E-state index is 0.239. The van der Waals surface area contributed by atoms with E-state index in [0.29, 0.717) is 10.4 Å². The predicted octanol–water partition coefficient (Wildman–Crippen LogP) is 4.99. The zero-order chi connectivity index (χ0) is 15.0. The van der Waals surface area contributed by atoms with Crippen molar-refractivity contribution in [3.8, 4) is 0 Å². The van der Waals surface area contributed by atoms with Crippen molar-refractivity contribution in [2.45, 2.75) is 13.0 Å². The van der Waals surface area contributed by atoms with E-state index in [1.807, 2.05) is 43.3 Å². The van der Waals surface area contributed by atoms with Gasteiger partial charge in [-0.25, -0.2) is 4.39 Å². The maximum Gasteiger partial charge on any atom is 0.131 e. The van der Waals surface area contributed by atoms with E-state index in [1.165, 1.54) is 6.07 Å². The predicted molar refractivity (Wildman–Crippen MR) is 86.1 cm³/mol. The Hall–Kier alpha value is -1.90. The molecule has 0 spiro atoms. The van der Waals surface area contributed by atoms with Crippen LogP contribution in [0.15, 0.2) is 54.6 Å². The molecule has 0 aliphatic heterocycles. The summed E-state index contributed by atoms with van der Waals surface area (Å²) in [5.74, 6) is -0.239. The van der Waals surface area contributed by atoms with Crippen LogP contribution in [0.25, 0.3) is 10.8 Å². The van der Waals surface area contributed by atoms with Gasteiger partial charge in [0.15, 0.2) is 0 Å².